The molecule has 0 amide bonds. The number of likely N-dealkylation sites (tertiary alicyclic amines) is 1. The largest absolute Gasteiger partial charge is 0.308 e. The molecule has 5 nitrogen and oxygen atoms in total. The molecule has 0 bridgehead atoms. The van der Waals surface area contributed by atoms with Crippen LogP contribution in [0.4, 0.5) is 5.82 Å². The van der Waals surface area contributed by atoms with E-state index < -0.39 is 0 Å². The first-order valence-corrected chi connectivity index (χ1v) is 6.96. The number of hydrazine groups is 1. The number of aromatic nitrogens is 1. The van der Waals surface area contributed by atoms with Gasteiger partial charge in [-0.3, -0.25) is 0 Å². The molecule has 0 unspecified atom stereocenters. The van der Waals surface area contributed by atoms with Gasteiger partial charge >= 0.3 is 0 Å². The molecular weight excluding hydrogens is 238 g/mol. The maximum atomic E-state index is 5.38. The fraction of sp³-hybridized carbons (Fsp3) is 0.643. The molecule has 1 aromatic rings. The van der Waals surface area contributed by atoms with E-state index in [1.807, 2.05) is 12.1 Å². The maximum Gasteiger partial charge on any atom is 0.140 e. The summed E-state index contributed by atoms with van der Waals surface area (Å²) in [5.41, 5.74) is 3.84. The van der Waals surface area contributed by atoms with Crippen molar-refractivity contribution in [1.82, 2.24) is 14.8 Å². The van der Waals surface area contributed by atoms with Crippen molar-refractivity contribution in [1.29, 1.82) is 0 Å². The minimum Gasteiger partial charge on any atom is -0.308 e. The van der Waals surface area contributed by atoms with Gasteiger partial charge in [-0.15, -0.1) is 0 Å². The minimum absolute atomic E-state index is 0.727. The summed E-state index contributed by atoms with van der Waals surface area (Å²) in [5, 5.41) is 0. The molecule has 0 atom stereocenters. The normalized spacial score (nSPS) is 17.9. The number of hydrogen-bond donors (Lipinski definition) is 2. The van der Waals surface area contributed by atoms with E-state index in [0.717, 1.165) is 18.3 Å². The summed E-state index contributed by atoms with van der Waals surface area (Å²) in [6.45, 7) is 4.58. The highest BCUT2D eigenvalue weighted by Crippen LogP contribution is 2.18. The van der Waals surface area contributed by atoms with E-state index in [9.17, 15) is 0 Å². The van der Waals surface area contributed by atoms with Crippen LogP contribution in [-0.2, 0) is 6.54 Å². The van der Waals surface area contributed by atoms with Gasteiger partial charge in [-0.05, 0) is 63.6 Å². The number of piperidine rings is 1. The highest BCUT2D eigenvalue weighted by Gasteiger charge is 2.18. The van der Waals surface area contributed by atoms with E-state index in [1.165, 1.54) is 38.0 Å². The van der Waals surface area contributed by atoms with E-state index in [0.29, 0.717) is 0 Å². The molecule has 5 heteroatoms. The van der Waals surface area contributed by atoms with Gasteiger partial charge in [0, 0.05) is 19.3 Å². The summed E-state index contributed by atoms with van der Waals surface area (Å²) < 4.78 is 0. The van der Waals surface area contributed by atoms with Crippen LogP contribution in [-0.4, -0.2) is 48.5 Å². The van der Waals surface area contributed by atoms with Gasteiger partial charge in [0.15, 0.2) is 0 Å². The summed E-state index contributed by atoms with van der Waals surface area (Å²) in [5.74, 6) is 6.94. The lowest BCUT2D eigenvalue weighted by Crippen LogP contribution is -2.35. The maximum absolute atomic E-state index is 5.38. The van der Waals surface area contributed by atoms with Gasteiger partial charge in [0.1, 0.15) is 5.82 Å². The first kappa shape index (κ1) is 14.2. The first-order valence-electron chi connectivity index (χ1n) is 6.96. The molecule has 0 saturated carbocycles. The summed E-state index contributed by atoms with van der Waals surface area (Å²) in [6, 6.07) is 4.05. The predicted octanol–water partition coefficient (Wildman–Crippen LogP) is 1.14. The van der Waals surface area contributed by atoms with E-state index >= 15 is 0 Å². The SMILES string of the molecule is CN1CCC(CN(C)Cc2ccnc(NN)c2)CC1. The van der Waals surface area contributed by atoms with Crippen LogP contribution in [0.1, 0.15) is 18.4 Å². The van der Waals surface area contributed by atoms with Crippen LogP contribution in [0, 0.1) is 5.92 Å². The van der Waals surface area contributed by atoms with Gasteiger partial charge in [-0.1, -0.05) is 0 Å². The lowest BCUT2D eigenvalue weighted by Gasteiger charge is -2.31. The molecule has 0 spiro atoms. The molecule has 1 aromatic heterocycles. The first-order chi connectivity index (χ1) is 9.17. The molecule has 1 fully saturated rings. The number of nitrogens with one attached hydrogen (secondary N) is 1. The number of pyridine rings is 1. The number of nitrogen functional groups attached to an aromatic ring is 1. The van der Waals surface area contributed by atoms with Gasteiger partial charge in [0.05, 0.1) is 0 Å². The van der Waals surface area contributed by atoms with Crippen molar-refractivity contribution in [2.24, 2.45) is 11.8 Å². The van der Waals surface area contributed by atoms with Crippen molar-refractivity contribution in [2.75, 3.05) is 39.2 Å². The molecule has 2 rings (SSSR count). The second-order valence-corrected chi connectivity index (χ2v) is 5.64. The highest BCUT2D eigenvalue weighted by molar-refractivity contribution is 5.35. The molecule has 0 radical (unpaired) electrons. The Morgan fingerprint density at radius 1 is 1.47 bits per heavy atom. The Morgan fingerprint density at radius 2 is 2.21 bits per heavy atom. The Labute approximate surface area is 115 Å². The third-order valence-electron chi connectivity index (χ3n) is 3.83. The zero-order chi connectivity index (χ0) is 13.7. The number of nitrogens with two attached hydrogens (primary N) is 1. The standard InChI is InChI=1S/C14H25N5/c1-18-7-4-12(5-8-18)10-19(2)11-13-3-6-16-14(9-13)17-15/h3,6,9,12H,4-5,7-8,10-11,15H2,1-2H3,(H,16,17). The minimum atomic E-state index is 0.727. The summed E-state index contributed by atoms with van der Waals surface area (Å²) in [4.78, 5) is 8.94. The third-order valence-corrected chi connectivity index (χ3v) is 3.83. The van der Waals surface area contributed by atoms with Crippen LogP contribution in [0.25, 0.3) is 0 Å². The molecular formula is C14H25N5. The number of rotatable bonds is 5. The van der Waals surface area contributed by atoms with Crippen molar-refractivity contribution >= 4 is 5.82 Å². The van der Waals surface area contributed by atoms with Crippen LogP contribution >= 0.6 is 0 Å². The quantitative estimate of drug-likeness (QED) is 0.616. The van der Waals surface area contributed by atoms with Crippen LogP contribution in [0.15, 0.2) is 18.3 Å². The molecule has 2 heterocycles. The zero-order valence-corrected chi connectivity index (χ0v) is 12.0. The lowest BCUT2D eigenvalue weighted by atomic mass is 9.96. The van der Waals surface area contributed by atoms with Crippen molar-refractivity contribution in [2.45, 2.75) is 19.4 Å². The predicted molar refractivity (Wildman–Crippen MR) is 78.6 cm³/mol. The summed E-state index contributed by atoms with van der Waals surface area (Å²) >= 11 is 0. The molecule has 1 saturated heterocycles. The zero-order valence-electron chi connectivity index (χ0n) is 12.0. The smallest absolute Gasteiger partial charge is 0.140 e. The number of anilines is 1. The van der Waals surface area contributed by atoms with Crippen LogP contribution in [0.3, 0.4) is 0 Å². The van der Waals surface area contributed by atoms with Crippen molar-refractivity contribution in [3.63, 3.8) is 0 Å². The van der Waals surface area contributed by atoms with E-state index in [2.05, 4.69) is 34.3 Å². The number of nitrogens with zero attached hydrogens (tertiary/aromatic N) is 3. The molecule has 1 aliphatic heterocycles. The number of hydrogen-bond acceptors (Lipinski definition) is 5. The second-order valence-electron chi connectivity index (χ2n) is 5.64. The van der Waals surface area contributed by atoms with E-state index in [1.54, 1.807) is 6.20 Å². The fourth-order valence-electron chi connectivity index (χ4n) is 2.71. The Hall–Kier alpha value is -1.17. The van der Waals surface area contributed by atoms with Gasteiger partial charge in [-0.25, -0.2) is 10.8 Å². The van der Waals surface area contributed by atoms with Crippen molar-refractivity contribution < 1.29 is 0 Å². The van der Waals surface area contributed by atoms with Crippen LogP contribution in [0.2, 0.25) is 0 Å². The monoisotopic (exact) mass is 263 g/mol. The molecule has 1 aliphatic rings. The Balaban J connectivity index is 1.81. The lowest BCUT2D eigenvalue weighted by molar-refractivity contribution is 0.173. The Morgan fingerprint density at radius 3 is 2.89 bits per heavy atom. The molecule has 0 aliphatic carbocycles. The molecule has 3 N–H and O–H groups in total. The summed E-state index contributed by atoms with van der Waals surface area (Å²) in [7, 11) is 4.40. The van der Waals surface area contributed by atoms with Gasteiger partial charge in [0.25, 0.3) is 0 Å². The molecule has 19 heavy (non-hydrogen) atoms. The Bertz CT molecular complexity index is 387. The van der Waals surface area contributed by atoms with Gasteiger partial charge in [0.2, 0.25) is 0 Å². The van der Waals surface area contributed by atoms with Crippen LogP contribution < -0.4 is 11.3 Å². The van der Waals surface area contributed by atoms with Gasteiger partial charge < -0.3 is 15.2 Å². The summed E-state index contributed by atoms with van der Waals surface area (Å²) in [6.07, 6.45) is 4.42. The van der Waals surface area contributed by atoms with Gasteiger partial charge in [-0.2, -0.15) is 0 Å². The van der Waals surface area contributed by atoms with E-state index in [4.69, 9.17) is 5.84 Å². The molecule has 106 valence electrons. The highest BCUT2D eigenvalue weighted by atomic mass is 15.2. The topological polar surface area (TPSA) is 57.4 Å². The van der Waals surface area contributed by atoms with E-state index in [-0.39, 0.29) is 0 Å². The Kier molecular flexibility index (Phi) is 5.13. The third kappa shape index (κ3) is 4.45. The second kappa shape index (κ2) is 6.84. The van der Waals surface area contributed by atoms with Crippen LogP contribution in [0.5, 0.6) is 0 Å². The average molecular weight is 263 g/mol. The van der Waals surface area contributed by atoms with Crippen molar-refractivity contribution in [3.8, 4) is 0 Å². The average Bonchev–Trinajstić information content (AvgIpc) is 2.41. The van der Waals surface area contributed by atoms with Crippen molar-refractivity contribution in [3.05, 3.63) is 23.9 Å². The fourth-order valence-corrected chi connectivity index (χ4v) is 2.71. The molecule has 0 aromatic carbocycles.